The lowest BCUT2D eigenvalue weighted by molar-refractivity contribution is 0.0989. The summed E-state index contributed by atoms with van der Waals surface area (Å²) in [6.45, 7) is 2.93. The number of carbonyl (C=O) groups excluding carboxylic acids is 1. The number of nitrogens with zero attached hydrogens (tertiary/aromatic N) is 2. The molecule has 2 aromatic rings. The van der Waals surface area contributed by atoms with Gasteiger partial charge in [0, 0.05) is 36.6 Å². The average Bonchev–Trinajstić information content (AvgIpc) is 3.24. The summed E-state index contributed by atoms with van der Waals surface area (Å²) >= 11 is 0. The number of carbonyl (C=O) groups is 1. The summed E-state index contributed by atoms with van der Waals surface area (Å²) in [5, 5.41) is 0. The van der Waals surface area contributed by atoms with Gasteiger partial charge >= 0.3 is 0 Å². The van der Waals surface area contributed by atoms with E-state index in [9.17, 15) is 9.18 Å². The SMILES string of the molecule is O=C(c1ccc(F)cc1)N1CCc2cc(N3CCCC3)ccc21. The summed E-state index contributed by atoms with van der Waals surface area (Å²) in [7, 11) is 0. The van der Waals surface area contributed by atoms with E-state index in [0.717, 1.165) is 25.2 Å². The van der Waals surface area contributed by atoms with Gasteiger partial charge < -0.3 is 9.80 Å². The molecular formula is C19H19FN2O. The standard InChI is InChI=1S/C19H19FN2O/c20-16-5-3-14(4-6-16)19(23)22-12-9-15-13-17(7-8-18(15)22)21-10-1-2-11-21/h3-8,13H,1-2,9-12H2. The largest absolute Gasteiger partial charge is 0.372 e. The number of benzene rings is 2. The molecule has 0 unspecified atom stereocenters. The normalized spacial score (nSPS) is 16.7. The van der Waals surface area contributed by atoms with Crippen LogP contribution in [0.4, 0.5) is 15.8 Å². The number of rotatable bonds is 2. The maximum Gasteiger partial charge on any atom is 0.258 e. The maximum absolute atomic E-state index is 13.0. The smallest absolute Gasteiger partial charge is 0.258 e. The van der Waals surface area contributed by atoms with Crippen molar-refractivity contribution >= 4 is 17.3 Å². The van der Waals surface area contributed by atoms with Crippen molar-refractivity contribution in [2.75, 3.05) is 29.4 Å². The van der Waals surface area contributed by atoms with Crippen LogP contribution in [0.3, 0.4) is 0 Å². The van der Waals surface area contributed by atoms with E-state index in [-0.39, 0.29) is 11.7 Å². The zero-order chi connectivity index (χ0) is 15.8. The minimum absolute atomic E-state index is 0.0577. The molecule has 2 heterocycles. The molecule has 4 heteroatoms. The van der Waals surface area contributed by atoms with Gasteiger partial charge in [0.05, 0.1) is 0 Å². The van der Waals surface area contributed by atoms with E-state index >= 15 is 0 Å². The summed E-state index contributed by atoms with van der Waals surface area (Å²) in [4.78, 5) is 16.9. The van der Waals surface area contributed by atoms with E-state index in [0.29, 0.717) is 12.1 Å². The summed E-state index contributed by atoms with van der Waals surface area (Å²) in [6.07, 6.45) is 3.39. The van der Waals surface area contributed by atoms with Crippen LogP contribution in [0.1, 0.15) is 28.8 Å². The molecule has 1 saturated heterocycles. The van der Waals surface area contributed by atoms with Crippen LogP contribution < -0.4 is 9.80 Å². The van der Waals surface area contributed by atoms with Gasteiger partial charge in [-0.1, -0.05) is 0 Å². The van der Waals surface area contributed by atoms with Crippen molar-refractivity contribution in [3.63, 3.8) is 0 Å². The second kappa shape index (κ2) is 5.69. The number of fused-ring (bicyclic) bond motifs is 1. The Bertz CT molecular complexity index is 736. The molecule has 0 N–H and O–H groups in total. The lowest BCUT2D eigenvalue weighted by Crippen LogP contribution is -2.28. The van der Waals surface area contributed by atoms with Crippen LogP contribution in [-0.4, -0.2) is 25.5 Å². The third kappa shape index (κ3) is 2.58. The van der Waals surface area contributed by atoms with E-state index in [1.54, 1.807) is 17.0 Å². The first-order valence-corrected chi connectivity index (χ1v) is 8.18. The van der Waals surface area contributed by atoms with Crippen molar-refractivity contribution in [2.24, 2.45) is 0 Å². The fourth-order valence-corrected chi connectivity index (χ4v) is 3.52. The van der Waals surface area contributed by atoms with Gasteiger partial charge in [0.2, 0.25) is 0 Å². The molecule has 0 aliphatic carbocycles. The van der Waals surface area contributed by atoms with Gasteiger partial charge in [-0.15, -0.1) is 0 Å². The third-order valence-corrected chi connectivity index (χ3v) is 4.77. The lowest BCUT2D eigenvalue weighted by atomic mass is 10.1. The molecule has 2 aliphatic heterocycles. The number of anilines is 2. The molecular weight excluding hydrogens is 291 g/mol. The third-order valence-electron chi connectivity index (χ3n) is 4.77. The van der Waals surface area contributed by atoms with Gasteiger partial charge in [0.25, 0.3) is 5.91 Å². The van der Waals surface area contributed by atoms with Crippen molar-refractivity contribution in [1.29, 1.82) is 0 Å². The molecule has 2 aliphatic rings. The second-order valence-corrected chi connectivity index (χ2v) is 6.22. The molecule has 3 nitrogen and oxygen atoms in total. The number of halogens is 1. The van der Waals surface area contributed by atoms with E-state index in [4.69, 9.17) is 0 Å². The van der Waals surface area contributed by atoms with Crippen LogP contribution in [0.25, 0.3) is 0 Å². The van der Waals surface area contributed by atoms with Crippen molar-refractivity contribution in [1.82, 2.24) is 0 Å². The Hall–Kier alpha value is -2.36. The van der Waals surface area contributed by atoms with Crippen LogP contribution >= 0.6 is 0 Å². The fraction of sp³-hybridized carbons (Fsp3) is 0.316. The Labute approximate surface area is 135 Å². The van der Waals surface area contributed by atoms with Gasteiger partial charge in [-0.25, -0.2) is 4.39 Å². The van der Waals surface area contributed by atoms with Crippen molar-refractivity contribution < 1.29 is 9.18 Å². The first-order valence-electron chi connectivity index (χ1n) is 8.18. The summed E-state index contributed by atoms with van der Waals surface area (Å²) in [5.41, 5.74) is 4.01. The second-order valence-electron chi connectivity index (χ2n) is 6.22. The maximum atomic E-state index is 13.0. The van der Waals surface area contributed by atoms with E-state index in [2.05, 4.69) is 23.1 Å². The molecule has 23 heavy (non-hydrogen) atoms. The van der Waals surface area contributed by atoms with Gasteiger partial charge in [-0.05, 0) is 67.3 Å². The zero-order valence-electron chi connectivity index (χ0n) is 13.0. The van der Waals surface area contributed by atoms with Crippen molar-refractivity contribution in [3.05, 3.63) is 59.4 Å². The molecule has 118 valence electrons. The van der Waals surface area contributed by atoms with E-state index < -0.39 is 0 Å². The van der Waals surface area contributed by atoms with Crippen LogP contribution in [-0.2, 0) is 6.42 Å². The first kappa shape index (κ1) is 14.2. The predicted octanol–water partition coefficient (Wildman–Crippen LogP) is 3.63. The number of hydrogen-bond donors (Lipinski definition) is 0. The Balaban J connectivity index is 1.60. The highest BCUT2D eigenvalue weighted by Gasteiger charge is 2.26. The highest BCUT2D eigenvalue weighted by Crippen LogP contribution is 2.33. The topological polar surface area (TPSA) is 23.6 Å². The highest BCUT2D eigenvalue weighted by atomic mass is 19.1. The lowest BCUT2D eigenvalue weighted by Gasteiger charge is -2.20. The number of amides is 1. The molecule has 0 atom stereocenters. The van der Waals surface area contributed by atoms with Gasteiger partial charge in [-0.2, -0.15) is 0 Å². The van der Waals surface area contributed by atoms with Crippen molar-refractivity contribution in [2.45, 2.75) is 19.3 Å². The molecule has 1 amide bonds. The average molecular weight is 310 g/mol. The van der Waals surface area contributed by atoms with Gasteiger partial charge in [-0.3, -0.25) is 4.79 Å². The predicted molar refractivity (Wildman–Crippen MR) is 89.7 cm³/mol. The molecule has 2 aromatic carbocycles. The first-order chi connectivity index (χ1) is 11.2. The van der Waals surface area contributed by atoms with Crippen molar-refractivity contribution in [3.8, 4) is 0 Å². The van der Waals surface area contributed by atoms with E-state index in [1.165, 1.54) is 36.2 Å². The Morgan fingerprint density at radius 1 is 0.957 bits per heavy atom. The summed E-state index contributed by atoms with van der Waals surface area (Å²) in [5.74, 6) is -0.378. The molecule has 0 radical (unpaired) electrons. The quantitative estimate of drug-likeness (QED) is 0.845. The zero-order valence-corrected chi connectivity index (χ0v) is 13.0. The molecule has 0 bridgehead atoms. The minimum Gasteiger partial charge on any atom is -0.372 e. The molecule has 0 aromatic heterocycles. The van der Waals surface area contributed by atoms with Gasteiger partial charge in [0.1, 0.15) is 5.82 Å². The Morgan fingerprint density at radius 3 is 2.43 bits per heavy atom. The summed E-state index contributed by atoms with van der Waals surface area (Å²) in [6, 6.07) is 12.2. The van der Waals surface area contributed by atoms with Crippen LogP contribution in [0.15, 0.2) is 42.5 Å². The molecule has 0 saturated carbocycles. The summed E-state index contributed by atoms with van der Waals surface area (Å²) < 4.78 is 13.0. The van der Waals surface area contributed by atoms with Crippen LogP contribution in [0.2, 0.25) is 0 Å². The highest BCUT2D eigenvalue weighted by molar-refractivity contribution is 6.07. The van der Waals surface area contributed by atoms with Crippen LogP contribution in [0, 0.1) is 5.82 Å². The fourth-order valence-electron chi connectivity index (χ4n) is 3.52. The van der Waals surface area contributed by atoms with Gasteiger partial charge in [0.15, 0.2) is 0 Å². The Morgan fingerprint density at radius 2 is 1.70 bits per heavy atom. The molecule has 0 spiro atoms. The van der Waals surface area contributed by atoms with E-state index in [1.807, 2.05) is 0 Å². The monoisotopic (exact) mass is 310 g/mol. The Kier molecular flexibility index (Phi) is 3.52. The molecule has 4 rings (SSSR count). The number of hydrogen-bond acceptors (Lipinski definition) is 2. The molecule has 1 fully saturated rings. The van der Waals surface area contributed by atoms with Crippen LogP contribution in [0.5, 0.6) is 0 Å². The minimum atomic E-state index is -0.321.